The van der Waals surface area contributed by atoms with Gasteiger partial charge in [-0.15, -0.1) is 0 Å². The van der Waals surface area contributed by atoms with Gasteiger partial charge in [0.1, 0.15) is 0 Å². The first-order valence-corrected chi connectivity index (χ1v) is 7.97. The number of ether oxygens (including phenoxy) is 1. The largest absolute Gasteiger partial charge is 0.373 e. The fourth-order valence-corrected chi connectivity index (χ4v) is 3.70. The first kappa shape index (κ1) is 15.8. The lowest BCUT2D eigenvalue weighted by atomic mass is 9.89. The Balaban J connectivity index is 2.43. The van der Waals surface area contributed by atoms with Crippen molar-refractivity contribution in [2.75, 3.05) is 13.7 Å². The molecule has 1 aromatic rings. The van der Waals surface area contributed by atoms with Gasteiger partial charge < -0.3 is 10.1 Å². The molecule has 1 aliphatic carbocycles. The summed E-state index contributed by atoms with van der Waals surface area (Å²) >= 11 is 6.42. The second kappa shape index (κ2) is 6.46. The Bertz CT molecular complexity index is 438. The van der Waals surface area contributed by atoms with Crippen molar-refractivity contribution >= 4 is 11.6 Å². The molecule has 1 heterocycles. The molecule has 0 spiro atoms. The van der Waals surface area contributed by atoms with Crippen LogP contribution in [0.25, 0.3) is 0 Å². The standard InChI is InChI=1S/C15H26ClN3O/c1-5-20-15(8-6-7-9-15)14(17-4)13-12(16)10-18-19(13)11(2)3/h10-11,14,17H,5-9H2,1-4H3. The number of hydrogen-bond donors (Lipinski definition) is 1. The van der Waals surface area contributed by atoms with Gasteiger partial charge in [0.25, 0.3) is 0 Å². The summed E-state index contributed by atoms with van der Waals surface area (Å²) in [6.07, 6.45) is 6.32. The van der Waals surface area contributed by atoms with Crippen LogP contribution >= 0.6 is 11.6 Å². The van der Waals surface area contributed by atoms with Crippen molar-refractivity contribution in [3.05, 3.63) is 16.9 Å². The van der Waals surface area contributed by atoms with Gasteiger partial charge in [-0.25, -0.2) is 0 Å². The number of halogens is 1. The van der Waals surface area contributed by atoms with Gasteiger partial charge in [0.15, 0.2) is 0 Å². The molecule has 4 nitrogen and oxygen atoms in total. The Kier molecular flexibility index (Phi) is 5.10. The first-order chi connectivity index (χ1) is 9.55. The van der Waals surface area contributed by atoms with E-state index in [-0.39, 0.29) is 17.7 Å². The fraction of sp³-hybridized carbons (Fsp3) is 0.800. The molecule has 0 bridgehead atoms. The van der Waals surface area contributed by atoms with Crippen LogP contribution in [0.2, 0.25) is 5.02 Å². The summed E-state index contributed by atoms with van der Waals surface area (Å²) in [5, 5.41) is 8.60. The Morgan fingerprint density at radius 3 is 2.60 bits per heavy atom. The van der Waals surface area contributed by atoms with E-state index >= 15 is 0 Å². The van der Waals surface area contributed by atoms with Crippen molar-refractivity contribution in [2.24, 2.45) is 0 Å². The molecule has 0 saturated heterocycles. The zero-order valence-electron chi connectivity index (χ0n) is 12.9. The first-order valence-electron chi connectivity index (χ1n) is 7.60. The third-order valence-electron chi connectivity index (χ3n) is 4.25. The molecule has 1 unspecified atom stereocenters. The van der Waals surface area contributed by atoms with E-state index in [4.69, 9.17) is 16.3 Å². The van der Waals surface area contributed by atoms with Crippen molar-refractivity contribution in [2.45, 2.75) is 64.1 Å². The number of hydrogen-bond acceptors (Lipinski definition) is 3. The van der Waals surface area contributed by atoms with E-state index in [1.807, 2.05) is 11.7 Å². The second-order valence-electron chi connectivity index (χ2n) is 5.84. The van der Waals surface area contributed by atoms with Gasteiger partial charge in [-0.05, 0) is 40.7 Å². The Morgan fingerprint density at radius 1 is 1.45 bits per heavy atom. The van der Waals surface area contributed by atoms with E-state index in [0.717, 1.165) is 30.2 Å². The summed E-state index contributed by atoms with van der Waals surface area (Å²) in [6.45, 7) is 7.04. The summed E-state index contributed by atoms with van der Waals surface area (Å²) in [7, 11) is 1.98. The molecule has 114 valence electrons. The van der Waals surface area contributed by atoms with Crippen LogP contribution in [0.5, 0.6) is 0 Å². The summed E-state index contributed by atoms with van der Waals surface area (Å²) in [5.41, 5.74) is 0.902. The zero-order chi connectivity index (χ0) is 14.8. The maximum Gasteiger partial charge on any atom is 0.0891 e. The minimum absolute atomic E-state index is 0.0855. The molecule has 0 aromatic carbocycles. The highest BCUT2D eigenvalue weighted by Gasteiger charge is 2.44. The van der Waals surface area contributed by atoms with Crippen LogP contribution in [-0.2, 0) is 4.74 Å². The summed E-state index contributed by atoms with van der Waals surface area (Å²) in [6, 6.07) is 0.371. The zero-order valence-corrected chi connectivity index (χ0v) is 13.7. The van der Waals surface area contributed by atoms with E-state index < -0.39 is 0 Å². The number of aromatic nitrogens is 2. The quantitative estimate of drug-likeness (QED) is 0.870. The van der Waals surface area contributed by atoms with Crippen molar-refractivity contribution in [1.29, 1.82) is 0 Å². The lowest BCUT2D eigenvalue weighted by molar-refractivity contribution is -0.0630. The number of rotatable bonds is 6. The van der Waals surface area contributed by atoms with Crippen LogP contribution in [0, 0.1) is 0 Å². The van der Waals surface area contributed by atoms with Crippen molar-refractivity contribution in [3.8, 4) is 0 Å². The fourth-order valence-electron chi connectivity index (χ4n) is 3.46. The van der Waals surface area contributed by atoms with Crippen LogP contribution in [0.15, 0.2) is 6.20 Å². The van der Waals surface area contributed by atoms with Gasteiger partial charge in [0, 0.05) is 12.6 Å². The van der Waals surface area contributed by atoms with Crippen molar-refractivity contribution in [1.82, 2.24) is 15.1 Å². The molecule has 1 aliphatic rings. The maximum absolute atomic E-state index is 6.42. The van der Waals surface area contributed by atoms with Gasteiger partial charge in [-0.2, -0.15) is 5.10 Å². The molecule has 0 aliphatic heterocycles. The SMILES string of the molecule is CCOC1(C(NC)c2c(Cl)cnn2C(C)C)CCCC1. The van der Waals surface area contributed by atoms with Crippen LogP contribution in [0.1, 0.15) is 64.2 Å². The number of nitrogens with zero attached hydrogens (tertiary/aromatic N) is 2. The molecule has 0 radical (unpaired) electrons. The molecule has 1 atom stereocenters. The topological polar surface area (TPSA) is 39.1 Å². The van der Waals surface area contributed by atoms with Gasteiger partial charge in [-0.1, -0.05) is 24.4 Å². The highest BCUT2D eigenvalue weighted by molar-refractivity contribution is 6.31. The number of nitrogens with one attached hydrogen (secondary N) is 1. The molecular formula is C15H26ClN3O. The number of likely N-dealkylation sites (N-methyl/N-ethyl adjacent to an activating group) is 1. The minimum Gasteiger partial charge on any atom is -0.373 e. The van der Waals surface area contributed by atoms with Gasteiger partial charge in [0.05, 0.1) is 28.6 Å². The molecule has 20 heavy (non-hydrogen) atoms. The summed E-state index contributed by atoms with van der Waals surface area (Å²) in [5.74, 6) is 0. The average Bonchev–Trinajstić information content (AvgIpc) is 3.00. The molecule has 0 amide bonds. The molecule has 1 N–H and O–H groups in total. The summed E-state index contributed by atoms with van der Waals surface area (Å²) < 4.78 is 8.21. The molecular weight excluding hydrogens is 274 g/mol. The van der Waals surface area contributed by atoms with Crippen LogP contribution < -0.4 is 5.32 Å². The predicted octanol–water partition coefficient (Wildman–Crippen LogP) is 3.73. The highest BCUT2D eigenvalue weighted by Crippen LogP contribution is 2.44. The molecule has 1 saturated carbocycles. The monoisotopic (exact) mass is 299 g/mol. The van der Waals surface area contributed by atoms with E-state index in [1.54, 1.807) is 6.20 Å². The Hall–Kier alpha value is -0.580. The molecule has 1 aromatic heterocycles. The van der Waals surface area contributed by atoms with E-state index in [2.05, 4.69) is 31.2 Å². The van der Waals surface area contributed by atoms with Gasteiger partial charge in [-0.3, -0.25) is 4.68 Å². The third kappa shape index (κ3) is 2.74. The second-order valence-corrected chi connectivity index (χ2v) is 6.25. The highest BCUT2D eigenvalue weighted by atomic mass is 35.5. The van der Waals surface area contributed by atoms with Crippen LogP contribution in [-0.4, -0.2) is 29.0 Å². The van der Waals surface area contributed by atoms with E-state index in [9.17, 15) is 0 Å². The molecule has 5 heteroatoms. The average molecular weight is 300 g/mol. The lowest BCUT2D eigenvalue weighted by Gasteiger charge is -2.38. The van der Waals surface area contributed by atoms with E-state index in [0.29, 0.717) is 0 Å². The summed E-state index contributed by atoms with van der Waals surface area (Å²) in [4.78, 5) is 0. The van der Waals surface area contributed by atoms with Gasteiger partial charge in [0.2, 0.25) is 0 Å². The predicted molar refractivity (Wildman–Crippen MR) is 82.2 cm³/mol. The third-order valence-corrected chi connectivity index (χ3v) is 4.54. The van der Waals surface area contributed by atoms with Gasteiger partial charge >= 0.3 is 0 Å². The van der Waals surface area contributed by atoms with Crippen molar-refractivity contribution < 1.29 is 4.74 Å². The smallest absolute Gasteiger partial charge is 0.0891 e. The van der Waals surface area contributed by atoms with Crippen LogP contribution in [0.3, 0.4) is 0 Å². The molecule has 1 fully saturated rings. The lowest BCUT2D eigenvalue weighted by Crippen LogP contribution is -2.44. The van der Waals surface area contributed by atoms with E-state index in [1.165, 1.54) is 12.8 Å². The minimum atomic E-state index is -0.153. The Labute approximate surface area is 126 Å². The normalized spacial score (nSPS) is 19.7. The van der Waals surface area contributed by atoms with Crippen LogP contribution in [0.4, 0.5) is 0 Å². The Morgan fingerprint density at radius 2 is 2.10 bits per heavy atom. The van der Waals surface area contributed by atoms with Crippen molar-refractivity contribution in [3.63, 3.8) is 0 Å². The maximum atomic E-state index is 6.42. The molecule has 2 rings (SSSR count).